The summed E-state index contributed by atoms with van der Waals surface area (Å²) < 4.78 is 5.40. The predicted molar refractivity (Wildman–Crippen MR) is 104 cm³/mol. The first-order valence-corrected chi connectivity index (χ1v) is 9.42. The van der Waals surface area contributed by atoms with E-state index in [1.54, 1.807) is 0 Å². The molecule has 3 rings (SSSR count). The lowest BCUT2D eigenvalue weighted by molar-refractivity contribution is 0.0342. The Morgan fingerprint density at radius 3 is 2.58 bits per heavy atom. The van der Waals surface area contributed by atoms with Gasteiger partial charge in [0, 0.05) is 25.2 Å². The van der Waals surface area contributed by atoms with Gasteiger partial charge in [-0.1, -0.05) is 48.9 Å². The summed E-state index contributed by atoms with van der Waals surface area (Å²) in [5.74, 6) is -0.0127. The van der Waals surface area contributed by atoms with Crippen LogP contribution in [0, 0.1) is 6.92 Å². The highest BCUT2D eigenvalue weighted by atomic mass is 16.5. The minimum atomic E-state index is -0.0127. The number of hydrogen-bond acceptors (Lipinski definition) is 3. The second kappa shape index (κ2) is 8.97. The number of amides is 1. The summed E-state index contributed by atoms with van der Waals surface area (Å²) in [7, 11) is 0. The van der Waals surface area contributed by atoms with E-state index in [0.29, 0.717) is 0 Å². The van der Waals surface area contributed by atoms with Crippen LogP contribution in [-0.2, 0) is 11.3 Å². The van der Waals surface area contributed by atoms with Crippen LogP contribution in [0.4, 0.5) is 0 Å². The molecule has 1 unspecified atom stereocenters. The normalized spacial score (nSPS) is 16.2. The van der Waals surface area contributed by atoms with Gasteiger partial charge in [-0.05, 0) is 36.6 Å². The Balaban J connectivity index is 1.66. The Morgan fingerprint density at radius 1 is 1.15 bits per heavy atom. The van der Waals surface area contributed by atoms with Crippen molar-refractivity contribution < 1.29 is 9.53 Å². The number of rotatable bonds is 6. The van der Waals surface area contributed by atoms with Crippen LogP contribution in [0.5, 0.6) is 0 Å². The van der Waals surface area contributed by atoms with Crippen molar-refractivity contribution >= 4 is 5.91 Å². The quantitative estimate of drug-likeness (QED) is 0.862. The molecule has 2 aromatic carbocycles. The molecule has 0 radical (unpaired) electrons. The molecular formula is C22H28N2O2. The van der Waals surface area contributed by atoms with Crippen LogP contribution in [0.1, 0.15) is 46.4 Å². The maximum Gasteiger partial charge on any atom is 0.251 e. The Labute approximate surface area is 156 Å². The number of aryl methyl sites for hydroxylation is 1. The zero-order valence-corrected chi connectivity index (χ0v) is 15.7. The van der Waals surface area contributed by atoms with E-state index in [4.69, 9.17) is 4.74 Å². The van der Waals surface area contributed by atoms with Gasteiger partial charge in [-0.2, -0.15) is 0 Å². The molecule has 1 atom stereocenters. The van der Waals surface area contributed by atoms with Gasteiger partial charge in [0.1, 0.15) is 0 Å². The molecule has 4 heteroatoms. The van der Waals surface area contributed by atoms with E-state index in [2.05, 4.69) is 54.4 Å². The zero-order chi connectivity index (χ0) is 18.4. The number of nitrogens with one attached hydrogen (secondary N) is 1. The number of ether oxygens (including phenoxy) is 1. The van der Waals surface area contributed by atoms with Gasteiger partial charge in [-0.3, -0.25) is 9.69 Å². The van der Waals surface area contributed by atoms with Crippen LogP contribution in [-0.4, -0.2) is 37.1 Å². The molecule has 4 nitrogen and oxygen atoms in total. The van der Waals surface area contributed by atoms with Crippen molar-refractivity contribution in [3.05, 3.63) is 70.8 Å². The molecule has 0 aliphatic carbocycles. The van der Waals surface area contributed by atoms with Crippen molar-refractivity contribution in [1.82, 2.24) is 10.2 Å². The first-order chi connectivity index (χ1) is 12.7. The van der Waals surface area contributed by atoms with E-state index in [1.165, 1.54) is 11.1 Å². The summed E-state index contributed by atoms with van der Waals surface area (Å²) in [6.45, 7) is 8.50. The van der Waals surface area contributed by atoms with Crippen LogP contribution < -0.4 is 5.32 Å². The third-order valence-electron chi connectivity index (χ3n) is 4.89. The molecule has 0 aromatic heterocycles. The first kappa shape index (κ1) is 18.6. The zero-order valence-electron chi connectivity index (χ0n) is 15.7. The molecule has 1 aliphatic heterocycles. The summed E-state index contributed by atoms with van der Waals surface area (Å²) in [6, 6.07) is 16.4. The van der Waals surface area contributed by atoms with Gasteiger partial charge in [-0.25, -0.2) is 0 Å². The van der Waals surface area contributed by atoms with Gasteiger partial charge in [-0.15, -0.1) is 0 Å². The van der Waals surface area contributed by atoms with Crippen molar-refractivity contribution in [1.29, 1.82) is 0 Å². The summed E-state index contributed by atoms with van der Waals surface area (Å²) in [5.41, 5.74) is 4.27. The summed E-state index contributed by atoms with van der Waals surface area (Å²) in [4.78, 5) is 15.1. The van der Waals surface area contributed by atoms with Crippen molar-refractivity contribution in [2.75, 3.05) is 26.3 Å². The highest BCUT2D eigenvalue weighted by Gasteiger charge is 2.15. The molecule has 1 saturated heterocycles. The lowest BCUT2D eigenvalue weighted by Gasteiger charge is -2.26. The van der Waals surface area contributed by atoms with Gasteiger partial charge < -0.3 is 10.1 Å². The van der Waals surface area contributed by atoms with E-state index in [-0.39, 0.29) is 11.9 Å². The van der Waals surface area contributed by atoms with Gasteiger partial charge >= 0.3 is 0 Å². The minimum Gasteiger partial charge on any atom is -0.379 e. The standard InChI is InChI=1S/C22H28N2O2/c1-3-21(19-9-7-17(2)8-10-19)23-22(25)20-6-4-5-18(15-20)16-24-11-13-26-14-12-24/h4-10,15,21H,3,11-14,16H2,1-2H3,(H,23,25). The molecule has 26 heavy (non-hydrogen) atoms. The van der Waals surface area contributed by atoms with Crippen molar-refractivity contribution in [2.24, 2.45) is 0 Å². The van der Waals surface area contributed by atoms with Gasteiger partial charge in [0.05, 0.1) is 19.3 Å². The molecule has 2 aromatic rings. The van der Waals surface area contributed by atoms with E-state index in [1.807, 2.05) is 18.2 Å². The first-order valence-electron chi connectivity index (χ1n) is 9.42. The predicted octanol–water partition coefficient (Wildman–Crippen LogP) is 3.71. The lowest BCUT2D eigenvalue weighted by atomic mass is 10.0. The Morgan fingerprint density at radius 2 is 1.88 bits per heavy atom. The SMILES string of the molecule is CCC(NC(=O)c1cccc(CN2CCOCC2)c1)c1ccc(C)cc1. The Bertz CT molecular complexity index is 721. The fraction of sp³-hybridized carbons (Fsp3) is 0.409. The van der Waals surface area contributed by atoms with Crippen LogP contribution in [0.2, 0.25) is 0 Å². The number of carbonyl (C=O) groups excluding carboxylic acids is 1. The van der Waals surface area contributed by atoms with Gasteiger partial charge in [0.15, 0.2) is 0 Å². The summed E-state index contributed by atoms with van der Waals surface area (Å²) >= 11 is 0. The van der Waals surface area contributed by atoms with E-state index in [0.717, 1.165) is 50.4 Å². The fourth-order valence-corrected chi connectivity index (χ4v) is 3.29. The Hall–Kier alpha value is -2.17. The average Bonchev–Trinajstić information content (AvgIpc) is 2.68. The molecule has 138 valence electrons. The largest absolute Gasteiger partial charge is 0.379 e. The maximum absolute atomic E-state index is 12.8. The fourth-order valence-electron chi connectivity index (χ4n) is 3.29. The van der Waals surface area contributed by atoms with E-state index < -0.39 is 0 Å². The topological polar surface area (TPSA) is 41.6 Å². The smallest absolute Gasteiger partial charge is 0.251 e. The van der Waals surface area contributed by atoms with E-state index >= 15 is 0 Å². The Kier molecular flexibility index (Phi) is 6.42. The van der Waals surface area contributed by atoms with Crippen LogP contribution >= 0.6 is 0 Å². The molecule has 1 heterocycles. The number of carbonyl (C=O) groups is 1. The summed E-state index contributed by atoms with van der Waals surface area (Å²) in [5, 5.41) is 3.18. The molecule has 0 saturated carbocycles. The number of nitrogens with zero attached hydrogens (tertiary/aromatic N) is 1. The average molecular weight is 352 g/mol. The third kappa shape index (κ3) is 4.93. The molecule has 1 aliphatic rings. The second-order valence-corrected chi connectivity index (χ2v) is 6.93. The van der Waals surface area contributed by atoms with Gasteiger partial charge in [0.25, 0.3) is 5.91 Å². The second-order valence-electron chi connectivity index (χ2n) is 6.93. The molecule has 0 spiro atoms. The van der Waals surface area contributed by atoms with Crippen LogP contribution in [0.15, 0.2) is 48.5 Å². The van der Waals surface area contributed by atoms with E-state index in [9.17, 15) is 4.79 Å². The summed E-state index contributed by atoms with van der Waals surface area (Å²) in [6.07, 6.45) is 0.863. The lowest BCUT2D eigenvalue weighted by Crippen LogP contribution is -2.35. The molecule has 1 amide bonds. The molecular weight excluding hydrogens is 324 g/mol. The maximum atomic E-state index is 12.8. The molecule has 1 N–H and O–H groups in total. The van der Waals surface area contributed by atoms with Gasteiger partial charge in [0.2, 0.25) is 0 Å². The molecule has 0 bridgehead atoms. The van der Waals surface area contributed by atoms with Crippen LogP contribution in [0.3, 0.4) is 0 Å². The monoisotopic (exact) mass is 352 g/mol. The minimum absolute atomic E-state index is 0.0127. The third-order valence-corrected chi connectivity index (χ3v) is 4.89. The highest BCUT2D eigenvalue weighted by Crippen LogP contribution is 2.18. The van der Waals surface area contributed by atoms with Crippen LogP contribution in [0.25, 0.3) is 0 Å². The molecule has 1 fully saturated rings. The van der Waals surface area contributed by atoms with Crippen molar-refractivity contribution in [3.8, 4) is 0 Å². The number of hydrogen-bond donors (Lipinski definition) is 1. The van der Waals surface area contributed by atoms with Crippen molar-refractivity contribution in [3.63, 3.8) is 0 Å². The van der Waals surface area contributed by atoms with Crippen molar-refractivity contribution in [2.45, 2.75) is 32.9 Å². The number of benzene rings is 2. The highest BCUT2D eigenvalue weighted by molar-refractivity contribution is 5.94. The number of morpholine rings is 1.